The molecule has 8 heteroatoms. The van der Waals surface area contributed by atoms with Crippen LogP contribution in [0.2, 0.25) is 0 Å². The number of carbonyl (C=O) groups excluding carboxylic acids is 3. The molecule has 0 aromatic rings. The molecule has 0 radical (unpaired) electrons. The number of hydrogen-bond acceptors (Lipinski definition) is 7. The van der Waals surface area contributed by atoms with E-state index in [0.717, 1.165) is 0 Å². The second-order valence-corrected chi connectivity index (χ2v) is 14.2. The van der Waals surface area contributed by atoms with Crippen LogP contribution in [0.5, 0.6) is 0 Å². The highest BCUT2D eigenvalue weighted by molar-refractivity contribution is 6.05. The zero-order valence-corrected chi connectivity index (χ0v) is 23.8. The molecule has 38 heavy (non-hydrogen) atoms. The fraction of sp³-hybridized carbons (Fsp3) is 0.800. The van der Waals surface area contributed by atoms with E-state index in [9.17, 15) is 39.6 Å². The first-order valence-electron chi connectivity index (χ1n) is 13.9. The number of carboxylic acid groups (broad SMARTS) is 1. The number of carbonyl (C=O) groups is 4. The van der Waals surface area contributed by atoms with Gasteiger partial charge in [0.25, 0.3) is 0 Å². The van der Waals surface area contributed by atoms with Gasteiger partial charge >= 0.3 is 5.97 Å². The van der Waals surface area contributed by atoms with Crippen molar-refractivity contribution in [3.05, 3.63) is 11.1 Å². The Hall–Kier alpha value is -1.90. The molecular formula is C30H44O8. The van der Waals surface area contributed by atoms with E-state index in [1.54, 1.807) is 6.92 Å². The predicted molar refractivity (Wildman–Crippen MR) is 139 cm³/mol. The zero-order chi connectivity index (χ0) is 28.8. The number of Topliss-reactive ketones (excluding diaryl/α,β-unsaturated/α-hetero) is 3. The second-order valence-electron chi connectivity index (χ2n) is 14.2. The van der Waals surface area contributed by atoms with Crippen molar-refractivity contribution < 1.29 is 39.6 Å². The molecule has 9 atom stereocenters. The summed E-state index contributed by atoms with van der Waals surface area (Å²) in [6.07, 6.45) is -0.727. The minimum atomic E-state index is -1.64. The monoisotopic (exact) mass is 532 g/mol. The number of hydrogen-bond donors (Lipinski definition) is 4. The van der Waals surface area contributed by atoms with Crippen LogP contribution in [0.1, 0.15) is 93.4 Å². The van der Waals surface area contributed by atoms with Crippen molar-refractivity contribution in [2.75, 3.05) is 0 Å². The summed E-state index contributed by atoms with van der Waals surface area (Å²) in [7, 11) is 0. The highest BCUT2D eigenvalue weighted by Crippen LogP contribution is 2.71. The Morgan fingerprint density at radius 1 is 1.11 bits per heavy atom. The summed E-state index contributed by atoms with van der Waals surface area (Å²) in [5.41, 5.74) is -3.99. The summed E-state index contributed by atoms with van der Waals surface area (Å²) in [6.45, 7) is 12.5. The van der Waals surface area contributed by atoms with E-state index in [1.165, 1.54) is 13.8 Å². The summed E-state index contributed by atoms with van der Waals surface area (Å²) in [5, 5.41) is 43.2. The standard InChI is InChI=1S/C30H44O8/c1-15(25(36)37)10-16(31)13-29(6,38)20-12-22(35)30(7)24-17(32)11-19-26(2,3)21(34)8-9-27(19,4)23(24)18(33)14-28(20,30)5/h15,17,19-21,32,34,38H,8-14H2,1-7H3,(H,36,37)/t15-,17+,19+,20-,21+,27+,28-,29+,30+/m1/s1. The lowest BCUT2D eigenvalue weighted by Crippen LogP contribution is -2.61. The molecule has 0 aromatic carbocycles. The Kier molecular flexibility index (Phi) is 6.74. The van der Waals surface area contributed by atoms with Gasteiger partial charge in [-0.25, -0.2) is 0 Å². The number of aliphatic hydroxyl groups is 3. The third kappa shape index (κ3) is 3.80. The van der Waals surface area contributed by atoms with E-state index >= 15 is 0 Å². The van der Waals surface area contributed by atoms with Gasteiger partial charge in [0.15, 0.2) is 5.78 Å². The predicted octanol–water partition coefficient (Wildman–Crippen LogP) is 3.25. The molecule has 0 bridgehead atoms. The Morgan fingerprint density at radius 3 is 2.29 bits per heavy atom. The Bertz CT molecular complexity index is 1120. The summed E-state index contributed by atoms with van der Waals surface area (Å²) < 4.78 is 0. The Balaban J connectivity index is 1.78. The average Bonchev–Trinajstić information content (AvgIpc) is 2.99. The summed E-state index contributed by atoms with van der Waals surface area (Å²) in [6, 6.07) is 0. The van der Waals surface area contributed by atoms with Crippen molar-refractivity contribution in [1.29, 1.82) is 0 Å². The van der Waals surface area contributed by atoms with Gasteiger partial charge in [-0.05, 0) is 60.8 Å². The topological polar surface area (TPSA) is 149 Å². The molecule has 0 amide bonds. The van der Waals surface area contributed by atoms with Gasteiger partial charge in [-0.2, -0.15) is 0 Å². The van der Waals surface area contributed by atoms with E-state index in [1.807, 2.05) is 27.7 Å². The van der Waals surface area contributed by atoms with E-state index < -0.39 is 63.1 Å². The first-order valence-corrected chi connectivity index (χ1v) is 13.9. The second kappa shape index (κ2) is 8.80. The maximum Gasteiger partial charge on any atom is 0.306 e. The number of allylic oxidation sites excluding steroid dienone is 1. The fourth-order valence-corrected chi connectivity index (χ4v) is 9.16. The highest BCUT2D eigenvalue weighted by Gasteiger charge is 2.71. The van der Waals surface area contributed by atoms with Crippen LogP contribution in [0.3, 0.4) is 0 Å². The molecule has 0 unspecified atom stereocenters. The highest BCUT2D eigenvalue weighted by atomic mass is 16.4. The largest absolute Gasteiger partial charge is 0.481 e. The fourth-order valence-electron chi connectivity index (χ4n) is 9.16. The van der Waals surface area contributed by atoms with Crippen LogP contribution in [-0.4, -0.2) is 61.6 Å². The molecular weight excluding hydrogens is 488 g/mol. The van der Waals surface area contributed by atoms with Crippen LogP contribution in [0.15, 0.2) is 11.1 Å². The number of aliphatic hydroxyl groups excluding tert-OH is 2. The van der Waals surface area contributed by atoms with Crippen LogP contribution < -0.4 is 0 Å². The van der Waals surface area contributed by atoms with Gasteiger partial charge in [0, 0.05) is 37.2 Å². The van der Waals surface area contributed by atoms with Crippen molar-refractivity contribution in [1.82, 2.24) is 0 Å². The van der Waals surface area contributed by atoms with Gasteiger partial charge in [0.05, 0.1) is 29.1 Å². The van der Waals surface area contributed by atoms with Crippen LogP contribution in [-0.2, 0) is 19.2 Å². The lowest BCUT2D eigenvalue weighted by Gasteiger charge is -2.62. The quantitative estimate of drug-likeness (QED) is 0.407. The molecule has 0 spiro atoms. The van der Waals surface area contributed by atoms with Crippen LogP contribution >= 0.6 is 0 Å². The normalized spacial score (nSPS) is 42.6. The first kappa shape index (κ1) is 29.1. The van der Waals surface area contributed by atoms with Crippen molar-refractivity contribution >= 4 is 23.3 Å². The van der Waals surface area contributed by atoms with Gasteiger partial charge in [-0.3, -0.25) is 19.2 Å². The Morgan fingerprint density at radius 2 is 1.71 bits per heavy atom. The number of aliphatic carboxylic acids is 1. The zero-order valence-electron chi connectivity index (χ0n) is 23.8. The van der Waals surface area contributed by atoms with E-state index in [0.29, 0.717) is 30.4 Å². The smallest absolute Gasteiger partial charge is 0.306 e. The molecule has 0 aliphatic heterocycles. The maximum absolute atomic E-state index is 14.1. The molecule has 212 valence electrons. The van der Waals surface area contributed by atoms with Crippen LogP contribution in [0.25, 0.3) is 0 Å². The van der Waals surface area contributed by atoms with Crippen molar-refractivity contribution in [3.8, 4) is 0 Å². The Labute approximate surface area is 224 Å². The molecule has 2 fully saturated rings. The molecule has 4 rings (SSSR count). The van der Waals surface area contributed by atoms with Gasteiger partial charge < -0.3 is 20.4 Å². The summed E-state index contributed by atoms with van der Waals surface area (Å²) in [4.78, 5) is 52.0. The molecule has 2 saturated carbocycles. The molecule has 0 saturated heterocycles. The number of ketones is 3. The van der Waals surface area contributed by atoms with E-state index in [2.05, 4.69) is 0 Å². The van der Waals surface area contributed by atoms with Crippen LogP contribution in [0, 0.1) is 39.4 Å². The van der Waals surface area contributed by atoms with Crippen LogP contribution in [0.4, 0.5) is 0 Å². The summed E-state index contributed by atoms with van der Waals surface area (Å²) in [5.74, 6) is -3.56. The molecule has 8 nitrogen and oxygen atoms in total. The van der Waals surface area contributed by atoms with Crippen molar-refractivity contribution in [3.63, 3.8) is 0 Å². The van der Waals surface area contributed by atoms with Gasteiger partial charge in [-0.15, -0.1) is 0 Å². The van der Waals surface area contributed by atoms with Gasteiger partial charge in [0.2, 0.25) is 0 Å². The van der Waals surface area contributed by atoms with Crippen molar-refractivity contribution in [2.45, 2.75) is 111 Å². The van der Waals surface area contributed by atoms with Crippen molar-refractivity contribution in [2.24, 2.45) is 39.4 Å². The SMILES string of the molecule is C[C@H](CC(=O)C[C@](C)(O)[C@@H]1CC(=O)[C@@]2(C)C3=C(C(=O)C[C@]12C)[C@@]1(C)CC[C@H](O)C(C)(C)[C@@H]1C[C@@H]3O)C(=O)O. The molecule has 0 aromatic heterocycles. The maximum atomic E-state index is 14.1. The number of carboxylic acids is 1. The molecule has 4 aliphatic carbocycles. The average molecular weight is 533 g/mol. The third-order valence-corrected chi connectivity index (χ3v) is 11.6. The first-order chi connectivity index (χ1) is 17.2. The van der Waals surface area contributed by atoms with E-state index in [4.69, 9.17) is 0 Å². The minimum absolute atomic E-state index is 0.00657. The van der Waals surface area contributed by atoms with Gasteiger partial charge in [0.1, 0.15) is 11.6 Å². The van der Waals surface area contributed by atoms with Gasteiger partial charge in [-0.1, -0.05) is 34.6 Å². The lowest BCUT2D eigenvalue weighted by molar-refractivity contribution is -0.148. The van der Waals surface area contributed by atoms with E-state index in [-0.39, 0.29) is 43.2 Å². The number of fused-ring (bicyclic) bond motifs is 4. The molecule has 0 heterocycles. The third-order valence-electron chi connectivity index (χ3n) is 11.6. The number of rotatable bonds is 6. The lowest BCUT2D eigenvalue weighted by atomic mass is 9.42. The molecule has 4 aliphatic rings. The summed E-state index contributed by atoms with van der Waals surface area (Å²) >= 11 is 0. The minimum Gasteiger partial charge on any atom is -0.481 e. The molecule has 4 N–H and O–H groups in total.